The fourth-order valence-corrected chi connectivity index (χ4v) is 2.88. The van der Waals surface area contributed by atoms with Gasteiger partial charge in [-0.2, -0.15) is 0 Å². The van der Waals surface area contributed by atoms with Crippen LogP contribution in [-0.2, 0) is 9.53 Å². The van der Waals surface area contributed by atoms with Crippen LogP contribution in [0.3, 0.4) is 0 Å². The van der Waals surface area contributed by atoms with Crippen LogP contribution in [0.1, 0.15) is 58.7 Å². The number of aromatic nitrogens is 1. The zero-order valence-corrected chi connectivity index (χ0v) is 14.4. The molecule has 0 bridgehead atoms. The summed E-state index contributed by atoms with van der Waals surface area (Å²) in [5, 5.41) is 2.72. The molecule has 0 aromatic carbocycles. The first-order valence-corrected chi connectivity index (χ1v) is 8.18. The number of likely N-dealkylation sites (tertiary alicyclic amines) is 1. The van der Waals surface area contributed by atoms with Gasteiger partial charge in [0.25, 0.3) is 0 Å². The zero-order valence-electron chi connectivity index (χ0n) is 14.4. The molecule has 0 unspecified atom stereocenters. The lowest BCUT2D eigenvalue weighted by atomic mass is 10.1. The maximum atomic E-state index is 12.5. The molecule has 0 radical (unpaired) electrons. The topological polar surface area (TPSA) is 74.4 Å². The lowest BCUT2D eigenvalue weighted by Gasteiger charge is -2.26. The van der Waals surface area contributed by atoms with Gasteiger partial charge in [-0.15, -0.1) is 0 Å². The molecular weight excluding hydrogens is 294 g/mol. The van der Waals surface area contributed by atoms with E-state index < -0.39 is 11.7 Å². The second-order valence-electron chi connectivity index (χ2n) is 7.12. The first kappa shape index (κ1) is 17.4. The summed E-state index contributed by atoms with van der Waals surface area (Å²) in [5.41, 5.74) is 0.533. The molecule has 2 atom stereocenters. The summed E-state index contributed by atoms with van der Waals surface area (Å²) in [4.78, 5) is 29.4. The number of rotatable bonds is 4. The maximum Gasteiger partial charge on any atom is 0.407 e. The molecule has 1 fully saturated rings. The molecule has 23 heavy (non-hydrogen) atoms. The third-order valence-electron chi connectivity index (χ3n) is 3.80. The van der Waals surface area contributed by atoms with E-state index in [4.69, 9.17) is 4.74 Å². The lowest BCUT2D eigenvalue weighted by Crippen LogP contribution is -2.41. The normalized spacial score (nSPS) is 19.5. The molecule has 1 saturated heterocycles. The van der Waals surface area contributed by atoms with Crippen molar-refractivity contribution in [2.24, 2.45) is 0 Å². The van der Waals surface area contributed by atoms with Crippen molar-refractivity contribution in [2.75, 3.05) is 6.54 Å². The Hall–Kier alpha value is -1.98. The molecule has 2 amide bonds. The summed E-state index contributed by atoms with van der Waals surface area (Å²) in [6, 6.07) is 3.82. The maximum absolute atomic E-state index is 12.5. The summed E-state index contributed by atoms with van der Waals surface area (Å²) in [6.45, 7) is 8.03. The Balaban J connectivity index is 1.87. The number of alkyl carbamates (subject to hydrolysis) is 1. The van der Waals surface area contributed by atoms with E-state index in [1.165, 1.54) is 0 Å². The van der Waals surface area contributed by atoms with E-state index in [1.807, 2.05) is 50.9 Å². The number of ether oxygens (including phenoxy) is 1. The molecule has 0 saturated carbocycles. The molecule has 2 N–H and O–H groups in total. The molecule has 1 aliphatic rings. The SMILES string of the molecule is C[C@@H](CC(=O)N1CCC[C@@H]1c1ccc[nH]1)NC(=O)OC(C)(C)C. The molecule has 6 nitrogen and oxygen atoms in total. The molecule has 6 heteroatoms. The zero-order chi connectivity index (χ0) is 17.0. The monoisotopic (exact) mass is 321 g/mol. The highest BCUT2D eigenvalue weighted by atomic mass is 16.6. The van der Waals surface area contributed by atoms with Gasteiger partial charge in [-0.25, -0.2) is 4.79 Å². The van der Waals surface area contributed by atoms with E-state index in [2.05, 4.69) is 10.3 Å². The summed E-state index contributed by atoms with van der Waals surface area (Å²) in [6.07, 6.45) is 3.64. The van der Waals surface area contributed by atoms with Crippen molar-refractivity contribution >= 4 is 12.0 Å². The number of nitrogens with one attached hydrogen (secondary N) is 2. The predicted octanol–water partition coefficient (Wildman–Crippen LogP) is 2.98. The van der Waals surface area contributed by atoms with E-state index in [0.29, 0.717) is 0 Å². The van der Waals surface area contributed by atoms with E-state index >= 15 is 0 Å². The summed E-state index contributed by atoms with van der Waals surface area (Å²) in [7, 11) is 0. The number of hydrogen-bond donors (Lipinski definition) is 2. The quantitative estimate of drug-likeness (QED) is 0.895. The van der Waals surface area contributed by atoms with E-state index in [-0.39, 0.29) is 24.4 Å². The molecule has 2 rings (SSSR count). The number of carbonyl (C=O) groups is 2. The van der Waals surface area contributed by atoms with Gasteiger partial charge in [0.2, 0.25) is 5.91 Å². The molecule has 1 aromatic heterocycles. The van der Waals surface area contributed by atoms with Crippen molar-refractivity contribution in [3.05, 3.63) is 24.0 Å². The van der Waals surface area contributed by atoms with Gasteiger partial charge < -0.3 is 19.9 Å². The van der Waals surface area contributed by atoms with E-state index in [9.17, 15) is 9.59 Å². The Kier molecular flexibility index (Phi) is 5.34. The minimum absolute atomic E-state index is 0.0608. The largest absolute Gasteiger partial charge is 0.444 e. The first-order valence-electron chi connectivity index (χ1n) is 8.18. The molecule has 0 spiro atoms. The van der Waals surface area contributed by atoms with Crippen molar-refractivity contribution in [1.82, 2.24) is 15.2 Å². The number of aromatic amines is 1. The lowest BCUT2D eigenvalue weighted by molar-refractivity contribution is -0.132. The van der Waals surface area contributed by atoms with Crippen LogP contribution in [0.2, 0.25) is 0 Å². The molecule has 128 valence electrons. The van der Waals surface area contributed by atoms with Crippen LogP contribution < -0.4 is 5.32 Å². The Morgan fingerprint density at radius 1 is 1.48 bits per heavy atom. The summed E-state index contributed by atoms with van der Waals surface area (Å²) in [5.74, 6) is 0.0608. The number of carbonyl (C=O) groups excluding carboxylic acids is 2. The standard InChI is InChI=1S/C17H27N3O3/c1-12(19-16(22)23-17(2,3)4)11-15(21)20-10-6-8-14(20)13-7-5-9-18-13/h5,7,9,12,14,18H,6,8,10-11H2,1-4H3,(H,19,22)/t12-,14+/m0/s1. The predicted molar refractivity (Wildman–Crippen MR) is 87.9 cm³/mol. The Labute approximate surface area is 137 Å². The highest BCUT2D eigenvalue weighted by molar-refractivity contribution is 5.78. The highest BCUT2D eigenvalue weighted by Gasteiger charge is 2.31. The Morgan fingerprint density at radius 3 is 2.83 bits per heavy atom. The van der Waals surface area contributed by atoms with E-state index in [1.54, 1.807) is 0 Å². The van der Waals surface area contributed by atoms with Crippen LogP contribution in [-0.4, -0.2) is 40.1 Å². The van der Waals surface area contributed by atoms with Gasteiger partial charge in [-0.3, -0.25) is 4.79 Å². The van der Waals surface area contributed by atoms with Crippen LogP contribution >= 0.6 is 0 Å². The minimum Gasteiger partial charge on any atom is -0.444 e. The van der Waals surface area contributed by atoms with Gasteiger partial charge in [0.05, 0.1) is 6.04 Å². The van der Waals surface area contributed by atoms with Crippen molar-refractivity contribution in [3.8, 4) is 0 Å². The van der Waals surface area contributed by atoms with Crippen molar-refractivity contribution in [1.29, 1.82) is 0 Å². The molecular formula is C17H27N3O3. The molecule has 0 aliphatic carbocycles. The van der Waals surface area contributed by atoms with Crippen molar-refractivity contribution < 1.29 is 14.3 Å². The molecule has 1 aliphatic heterocycles. The fourth-order valence-electron chi connectivity index (χ4n) is 2.88. The second-order valence-corrected chi connectivity index (χ2v) is 7.12. The summed E-state index contributed by atoms with van der Waals surface area (Å²) >= 11 is 0. The van der Waals surface area contributed by atoms with Gasteiger partial charge in [-0.1, -0.05) is 0 Å². The Bertz CT molecular complexity index is 534. The average Bonchev–Trinajstić information content (AvgIpc) is 3.07. The smallest absolute Gasteiger partial charge is 0.407 e. The van der Waals surface area contributed by atoms with Crippen molar-refractivity contribution in [3.63, 3.8) is 0 Å². The minimum atomic E-state index is -0.540. The fraction of sp³-hybridized carbons (Fsp3) is 0.647. The third kappa shape index (κ3) is 5.01. The van der Waals surface area contributed by atoms with Gasteiger partial charge in [-0.05, 0) is 52.7 Å². The Morgan fingerprint density at radius 2 is 2.22 bits per heavy atom. The van der Waals surface area contributed by atoms with Gasteiger partial charge in [0.1, 0.15) is 5.60 Å². The molecule has 1 aromatic rings. The number of hydrogen-bond acceptors (Lipinski definition) is 3. The third-order valence-corrected chi connectivity index (χ3v) is 3.80. The van der Waals surface area contributed by atoms with Crippen LogP contribution in [0.5, 0.6) is 0 Å². The van der Waals surface area contributed by atoms with Crippen LogP contribution in [0.4, 0.5) is 4.79 Å². The van der Waals surface area contributed by atoms with Crippen molar-refractivity contribution in [2.45, 2.75) is 64.6 Å². The summed E-state index contributed by atoms with van der Waals surface area (Å²) < 4.78 is 5.22. The first-order chi connectivity index (χ1) is 10.8. The average molecular weight is 321 g/mol. The highest BCUT2D eigenvalue weighted by Crippen LogP contribution is 2.31. The van der Waals surface area contributed by atoms with E-state index in [0.717, 1.165) is 25.1 Å². The van der Waals surface area contributed by atoms with Crippen LogP contribution in [0, 0.1) is 0 Å². The van der Waals surface area contributed by atoms with Crippen LogP contribution in [0.25, 0.3) is 0 Å². The van der Waals surface area contributed by atoms with Gasteiger partial charge in [0.15, 0.2) is 0 Å². The molecule has 2 heterocycles. The van der Waals surface area contributed by atoms with Gasteiger partial charge in [0, 0.05) is 30.9 Å². The number of nitrogens with zero attached hydrogens (tertiary/aromatic N) is 1. The van der Waals surface area contributed by atoms with Gasteiger partial charge >= 0.3 is 6.09 Å². The number of amides is 2. The number of H-pyrrole nitrogens is 1. The van der Waals surface area contributed by atoms with Crippen LogP contribution in [0.15, 0.2) is 18.3 Å². The second kappa shape index (κ2) is 7.06.